The van der Waals surface area contributed by atoms with Crippen molar-refractivity contribution < 1.29 is 0 Å². The predicted octanol–water partition coefficient (Wildman–Crippen LogP) is 0.710. The van der Waals surface area contributed by atoms with Gasteiger partial charge in [0.2, 0.25) is 0 Å². The zero-order valence-corrected chi connectivity index (χ0v) is 9.77. The molecule has 1 aliphatic heterocycles. The lowest BCUT2D eigenvalue weighted by Crippen LogP contribution is -2.25. The summed E-state index contributed by atoms with van der Waals surface area (Å²) in [6.07, 6.45) is 2.80. The van der Waals surface area contributed by atoms with Gasteiger partial charge in [-0.25, -0.2) is 4.68 Å². The number of rotatable bonds is 1. The first-order valence-electron chi connectivity index (χ1n) is 5.73. The summed E-state index contributed by atoms with van der Waals surface area (Å²) < 4.78 is 1.80. The molecule has 0 spiro atoms. The van der Waals surface area contributed by atoms with E-state index in [9.17, 15) is 0 Å². The smallest absolute Gasteiger partial charge is 0.0885 e. The minimum Gasteiger partial charge on any atom is -0.398 e. The highest BCUT2D eigenvalue weighted by Crippen LogP contribution is 2.30. The molecule has 0 radical (unpaired) electrons. The fourth-order valence-electron chi connectivity index (χ4n) is 2.41. The van der Waals surface area contributed by atoms with E-state index in [-0.39, 0.29) is 0 Å². The molecule has 0 unspecified atom stereocenters. The Morgan fingerprint density at radius 2 is 2.24 bits per heavy atom. The molecular formula is C12H15N5. The van der Waals surface area contributed by atoms with Crippen molar-refractivity contribution in [3.05, 3.63) is 29.5 Å². The second-order valence-electron chi connectivity index (χ2n) is 4.33. The van der Waals surface area contributed by atoms with Crippen LogP contribution in [0.4, 0.5) is 5.69 Å². The molecule has 5 nitrogen and oxygen atoms in total. The van der Waals surface area contributed by atoms with Crippen LogP contribution in [0, 0.1) is 0 Å². The zero-order chi connectivity index (χ0) is 11.8. The topological polar surface area (TPSA) is 68.8 Å². The van der Waals surface area contributed by atoms with E-state index in [0.717, 1.165) is 30.9 Å². The normalized spacial score (nSPS) is 14.6. The van der Waals surface area contributed by atoms with Gasteiger partial charge in [-0.2, -0.15) is 0 Å². The lowest BCUT2D eigenvalue weighted by molar-refractivity contribution is 0.645. The van der Waals surface area contributed by atoms with Gasteiger partial charge in [-0.3, -0.25) is 0 Å². The Morgan fingerprint density at radius 1 is 1.35 bits per heavy atom. The van der Waals surface area contributed by atoms with Crippen molar-refractivity contribution >= 4 is 5.69 Å². The second kappa shape index (κ2) is 3.85. The number of nitrogens with zero attached hydrogens (tertiary/aromatic N) is 3. The monoisotopic (exact) mass is 229 g/mol. The zero-order valence-electron chi connectivity index (χ0n) is 9.77. The lowest BCUT2D eigenvalue weighted by atomic mass is 9.92. The summed E-state index contributed by atoms with van der Waals surface area (Å²) in [7, 11) is 1.91. The predicted molar refractivity (Wildman–Crippen MR) is 66.3 cm³/mol. The van der Waals surface area contributed by atoms with Crippen LogP contribution in [0.5, 0.6) is 0 Å². The highest BCUT2D eigenvalue weighted by atomic mass is 15.4. The number of nitrogens with one attached hydrogen (secondary N) is 1. The fraction of sp³-hybridized carbons (Fsp3) is 0.333. The molecule has 0 saturated heterocycles. The summed E-state index contributed by atoms with van der Waals surface area (Å²) in [6.45, 7) is 1.84. The van der Waals surface area contributed by atoms with Gasteiger partial charge in [0, 0.05) is 24.8 Å². The number of nitrogens with two attached hydrogens (primary N) is 1. The summed E-state index contributed by atoms with van der Waals surface area (Å²) in [4.78, 5) is 0. The van der Waals surface area contributed by atoms with E-state index in [2.05, 4.69) is 21.7 Å². The van der Waals surface area contributed by atoms with Gasteiger partial charge in [-0.1, -0.05) is 11.3 Å². The molecule has 0 amide bonds. The number of aryl methyl sites for hydroxylation is 1. The summed E-state index contributed by atoms with van der Waals surface area (Å²) in [5.41, 5.74) is 11.7. The molecule has 0 saturated carbocycles. The molecule has 0 atom stereocenters. The van der Waals surface area contributed by atoms with Gasteiger partial charge in [0.05, 0.1) is 11.9 Å². The highest BCUT2D eigenvalue weighted by molar-refractivity contribution is 5.70. The van der Waals surface area contributed by atoms with Crippen LogP contribution in [0.3, 0.4) is 0 Å². The summed E-state index contributed by atoms with van der Waals surface area (Å²) in [6, 6.07) is 4.03. The van der Waals surface area contributed by atoms with Crippen LogP contribution in [0.1, 0.15) is 11.1 Å². The Bertz CT molecular complexity index is 558. The van der Waals surface area contributed by atoms with Gasteiger partial charge in [0.15, 0.2) is 0 Å². The van der Waals surface area contributed by atoms with Crippen molar-refractivity contribution in [1.82, 2.24) is 20.3 Å². The molecule has 3 N–H and O–H groups in total. The molecule has 1 aliphatic rings. The quantitative estimate of drug-likeness (QED) is 0.707. The van der Waals surface area contributed by atoms with E-state index in [1.165, 1.54) is 16.7 Å². The first kappa shape index (κ1) is 10.3. The van der Waals surface area contributed by atoms with E-state index < -0.39 is 0 Å². The maximum Gasteiger partial charge on any atom is 0.0885 e. The number of benzene rings is 1. The Morgan fingerprint density at radius 3 is 3.00 bits per heavy atom. The Kier molecular flexibility index (Phi) is 2.33. The number of fused-ring (bicyclic) bond motifs is 1. The third-order valence-electron chi connectivity index (χ3n) is 3.31. The summed E-state index contributed by atoms with van der Waals surface area (Å²) in [5.74, 6) is 0. The first-order chi connectivity index (χ1) is 8.27. The van der Waals surface area contributed by atoms with Crippen LogP contribution < -0.4 is 11.1 Å². The molecule has 3 rings (SSSR count). The molecule has 17 heavy (non-hydrogen) atoms. The SMILES string of the molecule is Cn1nncc1-c1ccc(N)c2c1CCNC2. The molecule has 2 heterocycles. The minimum atomic E-state index is 0.848. The van der Waals surface area contributed by atoms with Gasteiger partial charge in [0.1, 0.15) is 0 Å². The standard InChI is InChI=1S/C12H15N5/c1-17-12(7-15-16-17)9-2-3-11(13)10-6-14-5-4-8(9)10/h2-3,7,14H,4-6,13H2,1H3. The molecule has 0 aliphatic carbocycles. The molecule has 1 aromatic carbocycles. The average molecular weight is 229 g/mol. The molecule has 2 aromatic rings. The van der Waals surface area contributed by atoms with Crippen molar-refractivity contribution in [3.63, 3.8) is 0 Å². The molecular weight excluding hydrogens is 214 g/mol. The van der Waals surface area contributed by atoms with Gasteiger partial charge >= 0.3 is 0 Å². The average Bonchev–Trinajstić information content (AvgIpc) is 2.77. The Hall–Kier alpha value is -1.88. The van der Waals surface area contributed by atoms with Crippen LogP contribution in [-0.4, -0.2) is 21.5 Å². The maximum atomic E-state index is 6.02. The van der Waals surface area contributed by atoms with Gasteiger partial charge in [0.25, 0.3) is 0 Å². The van der Waals surface area contributed by atoms with Crippen LogP contribution in [0.15, 0.2) is 18.3 Å². The van der Waals surface area contributed by atoms with E-state index in [0.29, 0.717) is 0 Å². The van der Waals surface area contributed by atoms with Gasteiger partial charge in [-0.15, -0.1) is 5.10 Å². The van der Waals surface area contributed by atoms with Crippen molar-refractivity contribution in [2.24, 2.45) is 7.05 Å². The molecule has 88 valence electrons. The van der Waals surface area contributed by atoms with Gasteiger partial charge < -0.3 is 11.1 Å². The fourth-order valence-corrected chi connectivity index (χ4v) is 2.41. The first-order valence-corrected chi connectivity index (χ1v) is 5.73. The van der Waals surface area contributed by atoms with Crippen molar-refractivity contribution in [1.29, 1.82) is 0 Å². The third kappa shape index (κ3) is 1.59. The van der Waals surface area contributed by atoms with Crippen molar-refractivity contribution in [2.75, 3.05) is 12.3 Å². The van der Waals surface area contributed by atoms with Crippen LogP contribution in [0.25, 0.3) is 11.3 Å². The largest absolute Gasteiger partial charge is 0.398 e. The lowest BCUT2D eigenvalue weighted by Gasteiger charge is -2.22. The van der Waals surface area contributed by atoms with E-state index >= 15 is 0 Å². The maximum absolute atomic E-state index is 6.02. The van der Waals surface area contributed by atoms with Crippen LogP contribution in [-0.2, 0) is 20.0 Å². The minimum absolute atomic E-state index is 0.848. The molecule has 0 bridgehead atoms. The Balaban J connectivity index is 2.21. The van der Waals surface area contributed by atoms with Crippen molar-refractivity contribution in [3.8, 4) is 11.3 Å². The molecule has 1 aromatic heterocycles. The van der Waals surface area contributed by atoms with Crippen LogP contribution >= 0.6 is 0 Å². The number of aromatic nitrogens is 3. The second-order valence-corrected chi connectivity index (χ2v) is 4.33. The molecule has 5 heteroatoms. The van der Waals surface area contributed by atoms with E-state index in [1.807, 2.05) is 13.1 Å². The van der Waals surface area contributed by atoms with Gasteiger partial charge in [-0.05, 0) is 30.2 Å². The number of hydrogen-bond donors (Lipinski definition) is 2. The van der Waals surface area contributed by atoms with E-state index in [4.69, 9.17) is 5.73 Å². The highest BCUT2D eigenvalue weighted by Gasteiger charge is 2.18. The summed E-state index contributed by atoms with van der Waals surface area (Å²) >= 11 is 0. The number of anilines is 1. The van der Waals surface area contributed by atoms with E-state index in [1.54, 1.807) is 10.9 Å². The Labute approximate surface area is 99.6 Å². The van der Waals surface area contributed by atoms with Crippen molar-refractivity contribution in [2.45, 2.75) is 13.0 Å². The third-order valence-corrected chi connectivity index (χ3v) is 3.31. The summed E-state index contributed by atoms with van der Waals surface area (Å²) in [5, 5.41) is 11.3. The molecule has 0 fully saturated rings. The number of hydrogen-bond acceptors (Lipinski definition) is 4. The van der Waals surface area contributed by atoms with Crippen LogP contribution in [0.2, 0.25) is 0 Å². The number of nitrogen functional groups attached to an aromatic ring is 1.